The highest BCUT2D eigenvalue weighted by Crippen LogP contribution is 2.34. The number of carbonyl (C=O) groups is 1. The molecule has 2 aromatic carbocycles. The van der Waals surface area contributed by atoms with Crippen LogP contribution in [0, 0.1) is 0 Å². The number of H-pyrrole nitrogens is 1. The number of aromatic amines is 1. The number of halogens is 1. The Morgan fingerprint density at radius 1 is 1.10 bits per heavy atom. The van der Waals surface area contributed by atoms with Gasteiger partial charge in [-0.1, -0.05) is 41.9 Å². The van der Waals surface area contributed by atoms with Gasteiger partial charge >= 0.3 is 0 Å². The molecule has 1 N–H and O–H groups in total. The SMILES string of the molecule is CN(C)C(=O)c1[nH]c2ccc(Cl)cc2c1-c1ccccc1. The van der Waals surface area contributed by atoms with Crippen molar-refractivity contribution < 1.29 is 4.79 Å². The third-order valence-electron chi connectivity index (χ3n) is 3.44. The smallest absolute Gasteiger partial charge is 0.270 e. The fourth-order valence-electron chi connectivity index (χ4n) is 2.45. The van der Waals surface area contributed by atoms with E-state index in [4.69, 9.17) is 11.6 Å². The Morgan fingerprint density at radius 3 is 2.48 bits per heavy atom. The molecule has 3 rings (SSSR count). The van der Waals surface area contributed by atoms with E-state index in [1.165, 1.54) is 0 Å². The van der Waals surface area contributed by atoms with Gasteiger partial charge in [0.1, 0.15) is 5.69 Å². The molecular formula is C17H15ClN2O. The molecule has 0 bridgehead atoms. The molecule has 3 aromatic rings. The first kappa shape index (κ1) is 13.7. The molecule has 21 heavy (non-hydrogen) atoms. The first-order valence-corrected chi connectivity index (χ1v) is 7.04. The average molecular weight is 299 g/mol. The lowest BCUT2D eigenvalue weighted by atomic mass is 10.0. The van der Waals surface area contributed by atoms with Crippen molar-refractivity contribution in [1.82, 2.24) is 9.88 Å². The minimum Gasteiger partial charge on any atom is -0.350 e. The van der Waals surface area contributed by atoms with Gasteiger partial charge in [-0.3, -0.25) is 4.79 Å². The van der Waals surface area contributed by atoms with Crippen LogP contribution < -0.4 is 0 Å². The minimum atomic E-state index is -0.0545. The molecule has 1 heterocycles. The number of nitrogens with zero attached hydrogens (tertiary/aromatic N) is 1. The van der Waals surface area contributed by atoms with Crippen LogP contribution in [-0.2, 0) is 0 Å². The Kier molecular flexibility index (Phi) is 3.43. The number of carbonyl (C=O) groups excluding carboxylic acids is 1. The van der Waals surface area contributed by atoms with Crippen molar-refractivity contribution in [2.75, 3.05) is 14.1 Å². The molecule has 0 aliphatic rings. The third-order valence-corrected chi connectivity index (χ3v) is 3.68. The summed E-state index contributed by atoms with van der Waals surface area (Å²) >= 11 is 6.12. The van der Waals surface area contributed by atoms with Crippen LogP contribution in [0.4, 0.5) is 0 Å². The lowest BCUT2D eigenvalue weighted by Gasteiger charge is -2.11. The summed E-state index contributed by atoms with van der Waals surface area (Å²) in [7, 11) is 3.49. The van der Waals surface area contributed by atoms with E-state index in [0.717, 1.165) is 22.0 Å². The third kappa shape index (κ3) is 2.41. The summed E-state index contributed by atoms with van der Waals surface area (Å²) in [5.74, 6) is -0.0545. The summed E-state index contributed by atoms with van der Waals surface area (Å²) in [6.07, 6.45) is 0. The summed E-state index contributed by atoms with van der Waals surface area (Å²) in [4.78, 5) is 17.2. The number of nitrogens with one attached hydrogen (secondary N) is 1. The highest BCUT2D eigenvalue weighted by Gasteiger charge is 2.20. The molecule has 0 radical (unpaired) electrons. The summed E-state index contributed by atoms with van der Waals surface area (Å²) in [5, 5.41) is 1.61. The standard InChI is InChI=1S/C17H15ClN2O/c1-20(2)17(21)16-15(11-6-4-3-5-7-11)13-10-12(18)8-9-14(13)19-16/h3-10,19H,1-2H3. The van der Waals surface area contributed by atoms with Gasteiger partial charge in [0.05, 0.1) is 0 Å². The molecule has 0 saturated heterocycles. The van der Waals surface area contributed by atoms with Crippen LogP contribution in [0.1, 0.15) is 10.5 Å². The Hall–Kier alpha value is -2.26. The maximum Gasteiger partial charge on any atom is 0.270 e. The maximum absolute atomic E-state index is 12.5. The molecule has 1 amide bonds. The number of aromatic nitrogens is 1. The van der Waals surface area contributed by atoms with Gasteiger partial charge in [-0.05, 0) is 23.8 Å². The molecule has 1 aromatic heterocycles. The van der Waals surface area contributed by atoms with E-state index in [9.17, 15) is 4.79 Å². The normalized spacial score (nSPS) is 10.8. The van der Waals surface area contributed by atoms with Crippen LogP contribution in [0.2, 0.25) is 5.02 Å². The number of amides is 1. The van der Waals surface area contributed by atoms with Crippen molar-refractivity contribution in [2.24, 2.45) is 0 Å². The van der Waals surface area contributed by atoms with E-state index in [0.29, 0.717) is 10.7 Å². The second-order valence-corrected chi connectivity index (χ2v) is 5.57. The van der Waals surface area contributed by atoms with E-state index >= 15 is 0 Å². The summed E-state index contributed by atoms with van der Waals surface area (Å²) in [6, 6.07) is 15.5. The van der Waals surface area contributed by atoms with Crippen molar-refractivity contribution in [3.63, 3.8) is 0 Å². The van der Waals surface area contributed by atoms with Crippen molar-refractivity contribution >= 4 is 28.4 Å². The first-order valence-electron chi connectivity index (χ1n) is 6.66. The van der Waals surface area contributed by atoms with Crippen LogP contribution in [0.25, 0.3) is 22.0 Å². The number of benzene rings is 2. The van der Waals surface area contributed by atoms with Gasteiger partial charge in [-0.25, -0.2) is 0 Å². The van der Waals surface area contributed by atoms with Gasteiger partial charge in [0.15, 0.2) is 0 Å². The Morgan fingerprint density at radius 2 is 1.81 bits per heavy atom. The fourth-order valence-corrected chi connectivity index (χ4v) is 2.62. The molecule has 0 atom stereocenters. The largest absolute Gasteiger partial charge is 0.350 e. The summed E-state index contributed by atoms with van der Waals surface area (Å²) in [6.45, 7) is 0. The Bertz CT molecular complexity index is 806. The molecule has 106 valence electrons. The second-order valence-electron chi connectivity index (χ2n) is 5.13. The average Bonchev–Trinajstić information content (AvgIpc) is 2.85. The molecule has 0 aliphatic carbocycles. The lowest BCUT2D eigenvalue weighted by Crippen LogP contribution is -2.22. The van der Waals surface area contributed by atoms with E-state index in [1.54, 1.807) is 19.0 Å². The monoisotopic (exact) mass is 298 g/mol. The minimum absolute atomic E-state index is 0.0545. The van der Waals surface area contributed by atoms with Crippen LogP contribution in [-0.4, -0.2) is 29.9 Å². The van der Waals surface area contributed by atoms with Crippen molar-refractivity contribution in [3.05, 3.63) is 59.2 Å². The van der Waals surface area contributed by atoms with E-state index in [2.05, 4.69) is 4.98 Å². The molecule has 0 saturated carbocycles. The van der Waals surface area contributed by atoms with Gasteiger partial charge < -0.3 is 9.88 Å². The predicted molar refractivity (Wildman–Crippen MR) is 86.8 cm³/mol. The molecule has 4 heteroatoms. The topological polar surface area (TPSA) is 36.1 Å². The van der Waals surface area contributed by atoms with Crippen molar-refractivity contribution in [2.45, 2.75) is 0 Å². The first-order chi connectivity index (χ1) is 10.1. The highest BCUT2D eigenvalue weighted by molar-refractivity contribution is 6.31. The van der Waals surface area contributed by atoms with Crippen LogP contribution in [0.3, 0.4) is 0 Å². The zero-order valence-corrected chi connectivity index (χ0v) is 12.6. The zero-order chi connectivity index (χ0) is 15.0. The number of fused-ring (bicyclic) bond motifs is 1. The van der Waals surface area contributed by atoms with E-state index in [1.807, 2.05) is 48.5 Å². The van der Waals surface area contributed by atoms with Crippen LogP contribution >= 0.6 is 11.6 Å². The molecule has 0 unspecified atom stereocenters. The lowest BCUT2D eigenvalue weighted by molar-refractivity contribution is 0.0823. The summed E-state index contributed by atoms with van der Waals surface area (Å²) < 4.78 is 0. The molecule has 0 fully saturated rings. The quantitative estimate of drug-likeness (QED) is 0.756. The maximum atomic E-state index is 12.5. The van der Waals surface area contributed by atoms with Gasteiger partial charge in [0.25, 0.3) is 5.91 Å². The summed E-state index contributed by atoms with van der Waals surface area (Å²) in [5.41, 5.74) is 3.38. The second kappa shape index (κ2) is 5.26. The van der Waals surface area contributed by atoms with Gasteiger partial charge in [0.2, 0.25) is 0 Å². The molecule has 3 nitrogen and oxygen atoms in total. The molecular weight excluding hydrogens is 284 g/mol. The van der Waals surface area contributed by atoms with Crippen LogP contribution in [0.15, 0.2) is 48.5 Å². The van der Waals surface area contributed by atoms with Gasteiger partial charge in [-0.2, -0.15) is 0 Å². The van der Waals surface area contributed by atoms with E-state index in [-0.39, 0.29) is 5.91 Å². The predicted octanol–water partition coefficient (Wildman–Crippen LogP) is 4.19. The molecule has 0 spiro atoms. The Balaban J connectivity index is 2.35. The van der Waals surface area contributed by atoms with E-state index < -0.39 is 0 Å². The Labute approximate surface area is 128 Å². The van der Waals surface area contributed by atoms with Crippen molar-refractivity contribution in [3.8, 4) is 11.1 Å². The number of rotatable bonds is 2. The number of hydrogen-bond acceptors (Lipinski definition) is 1. The van der Waals surface area contributed by atoms with Crippen molar-refractivity contribution in [1.29, 1.82) is 0 Å². The fraction of sp³-hybridized carbons (Fsp3) is 0.118. The molecule has 0 aliphatic heterocycles. The highest BCUT2D eigenvalue weighted by atomic mass is 35.5. The number of hydrogen-bond donors (Lipinski definition) is 1. The van der Waals surface area contributed by atoms with Gasteiger partial charge in [-0.15, -0.1) is 0 Å². The zero-order valence-electron chi connectivity index (χ0n) is 11.9. The van der Waals surface area contributed by atoms with Crippen LogP contribution in [0.5, 0.6) is 0 Å². The van der Waals surface area contributed by atoms with Gasteiger partial charge in [0, 0.05) is 35.6 Å².